The van der Waals surface area contributed by atoms with Crippen LogP contribution < -0.4 is 5.73 Å². The Morgan fingerprint density at radius 1 is 1.64 bits per heavy atom. The van der Waals surface area contributed by atoms with Crippen molar-refractivity contribution in [3.8, 4) is 6.07 Å². The van der Waals surface area contributed by atoms with Gasteiger partial charge in [-0.15, -0.1) is 0 Å². The lowest BCUT2D eigenvalue weighted by atomic mass is 9.97. The fourth-order valence-electron chi connectivity index (χ4n) is 1.38. The van der Waals surface area contributed by atoms with E-state index in [1.54, 1.807) is 19.1 Å². The van der Waals surface area contributed by atoms with Crippen LogP contribution in [0.25, 0.3) is 0 Å². The molecule has 0 aliphatic heterocycles. The number of hydrogen-bond donors (Lipinski definition) is 2. The first-order valence-corrected chi connectivity index (χ1v) is 4.07. The molecule has 0 saturated heterocycles. The largest absolute Gasteiger partial charge is 0.478 e. The van der Waals surface area contributed by atoms with Crippen LogP contribution in [0.15, 0.2) is 12.1 Å². The van der Waals surface area contributed by atoms with E-state index in [1.165, 1.54) is 0 Å². The maximum atomic E-state index is 10.9. The van der Waals surface area contributed by atoms with Gasteiger partial charge >= 0.3 is 5.97 Å². The molecule has 0 unspecified atom stereocenters. The molecular formula is C10H10N2O2. The lowest BCUT2D eigenvalue weighted by molar-refractivity contribution is 0.0695. The standard InChI is InChI=1S/C10H10N2O2/c1-6-2-3-7(4-11)8(5-12)9(6)10(13)14/h2-3H,5,12H2,1H3,(H,13,14). The molecule has 1 rings (SSSR count). The molecule has 1 aromatic carbocycles. The Balaban J connectivity index is 3.53. The SMILES string of the molecule is Cc1ccc(C#N)c(CN)c1C(=O)O. The predicted molar refractivity (Wildman–Crippen MR) is 50.7 cm³/mol. The number of nitrogens with two attached hydrogens (primary N) is 1. The van der Waals surface area contributed by atoms with E-state index in [0.717, 1.165) is 0 Å². The average Bonchev–Trinajstić information content (AvgIpc) is 2.16. The summed E-state index contributed by atoms with van der Waals surface area (Å²) in [5, 5.41) is 17.7. The first-order valence-electron chi connectivity index (χ1n) is 4.07. The van der Waals surface area contributed by atoms with Gasteiger partial charge in [-0.2, -0.15) is 5.26 Å². The zero-order valence-electron chi connectivity index (χ0n) is 7.74. The van der Waals surface area contributed by atoms with Crippen molar-refractivity contribution in [2.75, 3.05) is 0 Å². The first-order chi connectivity index (χ1) is 6.61. The molecule has 0 aliphatic rings. The molecule has 0 radical (unpaired) electrons. The second-order valence-corrected chi connectivity index (χ2v) is 2.90. The zero-order valence-corrected chi connectivity index (χ0v) is 7.74. The van der Waals surface area contributed by atoms with Crippen LogP contribution in [-0.4, -0.2) is 11.1 Å². The highest BCUT2D eigenvalue weighted by atomic mass is 16.4. The summed E-state index contributed by atoms with van der Waals surface area (Å²) in [5.74, 6) is -1.04. The second-order valence-electron chi connectivity index (χ2n) is 2.90. The summed E-state index contributed by atoms with van der Waals surface area (Å²) in [6.07, 6.45) is 0. The van der Waals surface area contributed by atoms with Gasteiger partial charge < -0.3 is 10.8 Å². The Bertz CT molecular complexity index is 419. The first kappa shape index (κ1) is 10.2. The highest BCUT2D eigenvalue weighted by Crippen LogP contribution is 2.18. The van der Waals surface area contributed by atoms with Gasteiger partial charge in [0.2, 0.25) is 0 Å². The number of rotatable bonds is 2. The van der Waals surface area contributed by atoms with Gasteiger partial charge in [0.1, 0.15) is 0 Å². The number of aryl methyl sites for hydroxylation is 1. The topological polar surface area (TPSA) is 87.1 Å². The minimum Gasteiger partial charge on any atom is -0.478 e. The minimum atomic E-state index is -1.04. The summed E-state index contributed by atoms with van der Waals surface area (Å²) < 4.78 is 0. The summed E-state index contributed by atoms with van der Waals surface area (Å²) in [7, 11) is 0. The Hall–Kier alpha value is -1.86. The van der Waals surface area contributed by atoms with Crippen molar-refractivity contribution in [2.45, 2.75) is 13.5 Å². The van der Waals surface area contributed by atoms with Gasteiger partial charge in [0.25, 0.3) is 0 Å². The van der Waals surface area contributed by atoms with Crippen molar-refractivity contribution in [3.05, 3.63) is 34.4 Å². The zero-order chi connectivity index (χ0) is 10.7. The van der Waals surface area contributed by atoms with E-state index < -0.39 is 5.97 Å². The lowest BCUT2D eigenvalue weighted by Crippen LogP contribution is -2.11. The summed E-state index contributed by atoms with van der Waals surface area (Å²) in [6.45, 7) is 1.75. The van der Waals surface area contributed by atoms with E-state index in [-0.39, 0.29) is 12.1 Å². The molecule has 14 heavy (non-hydrogen) atoms. The predicted octanol–water partition coefficient (Wildman–Crippen LogP) is 1.02. The number of carboxylic acid groups (broad SMARTS) is 1. The van der Waals surface area contributed by atoms with Crippen LogP contribution in [0.1, 0.15) is 27.0 Å². The number of carbonyl (C=O) groups is 1. The molecule has 1 aromatic rings. The fraction of sp³-hybridized carbons (Fsp3) is 0.200. The molecule has 4 nitrogen and oxygen atoms in total. The summed E-state index contributed by atoms with van der Waals surface area (Å²) in [4.78, 5) is 10.9. The van der Waals surface area contributed by atoms with Crippen molar-refractivity contribution >= 4 is 5.97 Å². The molecule has 0 bridgehead atoms. The number of nitriles is 1. The number of hydrogen-bond acceptors (Lipinski definition) is 3. The van der Waals surface area contributed by atoms with E-state index >= 15 is 0 Å². The summed E-state index contributed by atoms with van der Waals surface area (Å²) in [6, 6.07) is 5.13. The van der Waals surface area contributed by atoms with Crippen LogP contribution >= 0.6 is 0 Å². The van der Waals surface area contributed by atoms with E-state index in [2.05, 4.69) is 0 Å². The molecular weight excluding hydrogens is 180 g/mol. The molecule has 0 fully saturated rings. The van der Waals surface area contributed by atoms with Crippen LogP contribution in [0, 0.1) is 18.3 Å². The number of carboxylic acids is 1. The Morgan fingerprint density at radius 3 is 2.71 bits per heavy atom. The van der Waals surface area contributed by atoms with Crippen molar-refractivity contribution in [3.63, 3.8) is 0 Å². The maximum absolute atomic E-state index is 10.9. The van der Waals surface area contributed by atoms with Crippen LogP contribution in [0.2, 0.25) is 0 Å². The average molecular weight is 190 g/mol. The van der Waals surface area contributed by atoms with Crippen molar-refractivity contribution < 1.29 is 9.90 Å². The molecule has 0 atom stereocenters. The normalized spacial score (nSPS) is 9.50. The van der Waals surface area contributed by atoms with E-state index in [4.69, 9.17) is 16.1 Å². The van der Waals surface area contributed by atoms with Crippen LogP contribution in [0.4, 0.5) is 0 Å². The van der Waals surface area contributed by atoms with Crippen molar-refractivity contribution in [1.29, 1.82) is 5.26 Å². The molecule has 0 amide bonds. The monoisotopic (exact) mass is 190 g/mol. The Kier molecular flexibility index (Phi) is 2.85. The smallest absolute Gasteiger partial charge is 0.336 e. The number of nitrogens with zero attached hydrogens (tertiary/aromatic N) is 1. The fourth-order valence-corrected chi connectivity index (χ4v) is 1.38. The van der Waals surface area contributed by atoms with Gasteiger partial charge in [-0.1, -0.05) is 6.07 Å². The van der Waals surface area contributed by atoms with Gasteiger partial charge in [-0.05, 0) is 24.1 Å². The Morgan fingerprint density at radius 2 is 2.29 bits per heavy atom. The molecule has 0 aliphatic carbocycles. The molecule has 0 heterocycles. The van der Waals surface area contributed by atoms with Gasteiger partial charge in [-0.3, -0.25) is 0 Å². The highest BCUT2D eigenvalue weighted by Gasteiger charge is 2.15. The van der Waals surface area contributed by atoms with Gasteiger partial charge in [0, 0.05) is 6.54 Å². The van der Waals surface area contributed by atoms with Crippen molar-refractivity contribution in [2.24, 2.45) is 5.73 Å². The highest BCUT2D eigenvalue weighted by molar-refractivity contribution is 5.91. The molecule has 4 heteroatoms. The van der Waals surface area contributed by atoms with Gasteiger partial charge in [-0.25, -0.2) is 4.79 Å². The quantitative estimate of drug-likeness (QED) is 0.728. The van der Waals surface area contributed by atoms with Crippen LogP contribution in [0.3, 0.4) is 0 Å². The molecule has 0 aromatic heterocycles. The van der Waals surface area contributed by atoms with Crippen LogP contribution in [0.5, 0.6) is 0 Å². The lowest BCUT2D eigenvalue weighted by Gasteiger charge is -2.08. The third kappa shape index (κ3) is 1.58. The van der Waals surface area contributed by atoms with Gasteiger partial charge in [0.05, 0.1) is 17.2 Å². The Labute approximate surface area is 81.6 Å². The second kappa shape index (κ2) is 3.90. The van der Waals surface area contributed by atoms with E-state index in [9.17, 15) is 4.79 Å². The molecule has 0 saturated carbocycles. The van der Waals surface area contributed by atoms with Crippen molar-refractivity contribution in [1.82, 2.24) is 0 Å². The minimum absolute atomic E-state index is 0.0617. The third-order valence-corrected chi connectivity index (χ3v) is 2.06. The maximum Gasteiger partial charge on any atom is 0.336 e. The van der Waals surface area contributed by atoms with E-state index in [1.807, 2.05) is 6.07 Å². The summed E-state index contributed by atoms with van der Waals surface area (Å²) in [5.41, 5.74) is 6.92. The van der Waals surface area contributed by atoms with E-state index in [0.29, 0.717) is 16.7 Å². The number of benzene rings is 1. The molecule has 3 N–H and O–H groups in total. The molecule has 0 spiro atoms. The number of aromatic carboxylic acids is 1. The summed E-state index contributed by atoms with van der Waals surface area (Å²) >= 11 is 0. The van der Waals surface area contributed by atoms with Crippen LogP contribution in [-0.2, 0) is 6.54 Å². The van der Waals surface area contributed by atoms with Gasteiger partial charge in [0.15, 0.2) is 0 Å². The molecule has 72 valence electrons. The third-order valence-electron chi connectivity index (χ3n) is 2.06.